The second-order valence-electron chi connectivity index (χ2n) is 2.98. The van der Waals surface area contributed by atoms with E-state index < -0.39 is 0 Å². The van der Waals surface area contributed by atoms with E-state index in [0.717, 1.165) is 5.56 Å². The standard InChI is InChI=1S/C8H11N5O/c1-6-11-8(12-14-6)5-13-4-7(2-9)3-10-13/h3-4H,2,5,9H2,1H3. The quantitative estimate of drug-likeness (QED) is 0.746. The first-order valence-electron chi connectivity index (χ1n) is 4.28. The lowest BCUT2D eigenvalue weighted by Crippen LogP contribution is -2.02. The Kier molecular flexibility index (Phi) is 2.28. The second kappa shape index (κ2) is 3.59. The number of aryl methyl sites for hydroxylation is 1. The summed E-state index contributed by atoms with van der Waals surface area (Å²) < 4.78 is 6.57. The Balaban J connectivity index is 2.10. The Labute approximate surface area is 80.7 Å². The molecule has 0 saturated carbocycles. The Morgan fingerprint density at radius 3 is 3.00 bits per heavy atom. The highest BCUT2D eigenvalue weighted by Gasteiger charge is 2.03. The zero-order chi connectivity index (χ0) is 9.97. The van der Waals surface area contributed by atoms with Crippen molar-refractivity contribution in [2.75, 3.05) is 0 Å². The van der Waals surface area contributed by atoms with E-state index in [9.17, 15) is 0 Å². The van der Waals surface area contributed by atoms with E-state index in [0.29, 0.717) is 24.8 Å². The molecule has 2 aromatic rings. The summed E-state index contributed by atoms with van der Waals surface area (Å²) in [6, 6.07) is 0. The van der Waals surface area contributed by atoms with Gasteiger partial charge in [-0.25, -0.2) is 0 Å². The molecule has 0 amide bonds. The van der Waals surface area contributed by atoms with Crippen molar-refractivity contribution in [1.29, 1.82) is 0 Å². The van der Waals surface area contributed by atoms with Crippen LogP contribution in [-0.2, 0) is 13.1 Å². The van der Waals surface area contributed by atoms with Crippen LogP contribution in [0.25, 0.3) is 0 Å². The minimum absolute atomic E-state index is 0.491. The molecule has 2 heterocycles. The first-order chi connectivity index (χ1) is 6.78. The second-order valence-corrected chi connectivity index (χ2v) is 2.98. The molecule has 2 rings (SSSR count). The maximum absolute atomic E-state index is 5.46. The summed E-state index contributed by atoms with van der Waals surface area (Å²) in [5.41, 5.74) is 6.45. The van der Waals surface area contributed by atoms with Gasteiger partial charge in [0.2, 0.25) is 5.89 Å². The Bertz CT molecular complexity index is 419. The largest absolute Gasteiger partial charge is 0.340 e. The van der Waals surface area contributed by atoms with Gasteiger partial charge in [0.15, 0.2) is 5.82 Å². The van der Waals surface area contributed by atoms with E-state index in [1.54, 1.807) is 17.8 Å². The molecule has 0 atom stereocenters. The average Bonchev–Trinajstić information content (AvgIpc) is 2.76. The summed E-state index contributed by atoms with van der Waals surface area (Å²) in [6.45, 7) is 2.76. The molecule has 0 radical (unpaired) electrons. The molecular weight excluding hydrogens is 182 g/mol. The maximum Gasteiger partial charge on any atom is 0.223 e. The van der Waals surface area contributed by atoms with Gasteiger partial charge in [-0.05, 0) is 0 Å². The molecule has 0 bridgehead atoms. The van der Waals surface area contributed by atoms with Crippen LogP contribution >= 0.6 is 0 Å². The van der Waals surface area contributed by atoms with Crippen molar-refractivity contribution in [2.24, 2.45) is 5.73 Å². The fourth-order valence-corrected chi connectivity index (χ4v) is 1.15. The van der Waals surface area contributed by atoms with Crippen molar-refractivity contribution >= 4 is 0 Å². The lowest BCUT2D eigenvalue weighted by Gasteiger charge is -1.93. The molecule has 0 spiro atoms. The van der Waals surface area contributed by atoms with E-state index in [2.05, 4.69) is 15.2 Å². The normalized spacial score (nSPS) is 10.7. The highest BCUT2D eigenvalue weighted by Crippen LogP contribution is 2.00. The SMILES string of the molecule is Cc1nc(Cn2cc(CN)cn2)no1. The average molecular weight is 193 g/mol. The number of nitrogens with zero attached hydrogens (tertiary/aromatic N) is 4. The smallest absolute Gasteiger partial charge is 0.223 e. The van der Waals surface area contributed by atoms with Gasteiger partial charge >= 0.3 is 0 Å². The van der Waals surface area contributed by atoms with Crippen LogP contribution in [-0.4, -0.2) is 19.9 Å². The first kappa shape index (κ1) is 8.89. The highest BCUT2D eigenvalue weighted by atomic mass is 16.5. The monoisotopic (exact) mass is 193 g/mol. The predicted octanol–water partition coefficient (Wildman–Crippen LogP) is 0.0815. The van der Waals surface area contributed by atoms with Crippen LogP contribution in [0.1, 0.15) is 17.3 Å². The number of hydrogen-bond acceptors (Lipinski definition) is 5. The molecule has 2 N–H and O–H groups in total. The molecule has 0 fully saturated rings. The van der Waals surface area contributed by atoms with Crippen LogP contribution in [0.3, 0.4) is 0 Å². The molecule has 14 heavy (non-hydrogen) atoms. The molecule has 6 nitrogen and oxygen atoms in total. The van der Waals surface area contributed by atoms with Gasteiger partial charge in [0.05, 0.1) is 6.20 Å². The fourth-order valence-electron chi connectivity index (χ4n) is 1.15. The van der Waals surface area contributed by atoms with Gasteiger partial charge in [0.1, 0.15) is 6.54 Å². The van der Waals surface area contributed by atoms with Crippen molar-refractivity contribution in [2.45, 2.75) is 20.0 Å². The van der Waals surface area contributed by atoms with Crippen molar-refractivity contribution in [3.63, 3.8) is 0 Å². The Morgan fingerprint density at radius 2 is 2.43 bits per heavy atom. The van der Waals surface area contributed by atoms with Crippen molar-refractivity contribution in [1.82, 2.24) is 19.9 Å². The van der Waals surface area contributed by atoms with Gasteiger partial charge in [-0.15, -0.1) is 0 Å². The van der Waals surface area contributed by atoms with Crippen LogP contribution < -0.4 is 5.73 Å². The van der Waals surface area contributed by atoms with E-state index in [1.807, 2.05) is 6.20 Å². The van der Waals surface area contributed by atoms with Gasteiger partial charge < -0.3 is 10.3 Å². The van der Waals surface area contributed by atoms with Gasteiger partial charge in [0.25, 0.3) is 0 Å². The maximum atomic E-state index is 5.46. The number of rotatable bonds is 3. The highest BCUT2D eigenvalue weighted by molar-refractivity contribution is 5.03. The molecule has 0 aliphatic carbocycles. The van der Waals surface area contributed by atoms with E-state index in [1.165, 1.54) is 0 Å². The lowest BCUT2D eigenvalue weighted by molar-refractivity contribution is 0.385. The fraction of sp³-hybridized carbons (Fsp3) is 0.375. The Hall–Kier alpha value is -1.69. The van der Waals surface area contributed by atoms with Crippen molar-refractivity contribution in [3.05, 3.63) is 29.7 Å². The third-order valence-electron chi connectivity index (χ3n) is 1.80. The summed E-state index contributed by atoms with van der Waals surface area (Å²) >= 11 is 0. The molecule has 0 aromatic carbocycles. The van der Waals surface area contributed by atoms with Crippen molar-refractivity contribution in [3.8, 4) is 0 Å². The summed E-state index contributed by atoms with van der Waals surface area (Å²) in [4.78, 5) is 4.07. The lowest BCUT2D eigenvalue weighted by atomic mass is 10.4. The number of hydrogen-bond donors (Lipinski definition) is 1. The van der Waals surface area contributed by atoms with E-state index in [4.69, 9.17) is 10.3 Å². The van der Waals surface area contributed by atoms with Crippen LogP contribution in [0, 0.1) is 6.92 Å². The van der Waals surface area contributed by atoms with Crippen LogP contribution in [0.2, 0.25) is 0 Å². The predicted molar refractivity (Wildman–Crippen MR) is 48.3 cm³/mol. The molecule has 2 aromatic heterocycles. The minimum Gasteiger partial charge on any atom is -0.340 e. The van der Waals surface area contributed by atoms with Crippen molar-refractivity contribution < 1.29 is 4.52 Å². The summed E-state index contributed by atoms with van der Waals surface area (Å²) in [7, 11) is 0. The molecule has 0 aliphatic heterocycles. The zero-order valence-electron chi connectivity index (χ0n) is 7.84. The van der Waals surface area contributed by atoms with Gasteiger partial charge in [0, 0.05) is 25.2 Å². The number of nitrogens with two attached hydrogens (primary N) is 1. The van der Waals surface area contributed by atoms with Crippen LogP contribution in [0.5, 0.6) is 0 Å². The Morgan fingerprint density at radius 1 is 1.57 bits per heavy atom. The number of aromatic nitrogens is 4. The van der Waals surface area contributed by atoms with Gasteiger partial charge in [-0.2, -0.15) is 10.1 Å². The van der Waals surface area contributed by atoms with Gasteiger partial charge in [-0.1, -0.05) is 5.16 Å². The van der Waals surface area contributed by atoms with E-state index >= 15 is 0 Å². The van der Waals surface area contributed by atoms with E-state index in [-0.39, 0.29) is 0 Å². The summed E-state index contributed by atoms with van der Waals surface area (Å²) in [6.07, 6.45) is 3.60. The topological polar surface area (TPSA) is 82.8 Å². The molecule has 74 valence electrons. The minimum atomic E-state index is 0.491. The first-order valence-corrected chi connectivity index (χ1v) is 4.28. The third kappa shape index (κ3) is 1.80. The zero-order valence-corrected chi connectivity index (χ0v) is 7.84. The molecular formula is C8H11N5O. The van der Waals surface area contributed by atoms with Crippen LogP contribution in [0.15, 0.2) is 16.9 Å². The third-order valence-corrected chi connectivity index (χ3v) is 1.80. The molecule has 0 saturated heterocycles. The van der Waals surface area contributed by atoms with Gasteiger partial charge in [-0.3, -0.25) is 4.68 Å². The van der Waals surface area contributed by atoms with Crippen LogP contribution in [0.4, 0.5) is 0 Å². The summed E-state index contributed by atoms with van der Waals surface area (Å²) in [5, 5.41) is 7.87. The molecule has 6 heteroatoms. The molecule has 0 unspecified atom stereocenters. The summed E-state index contributed by atoms with van der Waals surface area (Å²) in [5.74, 6) is 1.18. The molecule has 0 aliphatic rings.